The molecule has 2 aromatic rings. The second-order valence-corrected chi connectivity index (χ2v) is 10.4. The van der Waals surface area contributed by atoms with Gasteiger partial charge in [-0.05, 0) is 60.6 Å². The first-order chi connectivity index (χ1) is 14.7. The van der Waals surface area contributed by atoms with Gasteiger partial charge in [0.2, 0.25) is 11.6 Å². The van der Waals surface area contributed by atoms with Gasteiger partial charge in [0.05, 0.1) is 4.92 Å². The summed E-state index contributed by atoms with van der Waals surface area (Å²) in [5.41, 5.74) is 2.42. The van der Waals surface area contributed by atoms with Gasteiger partial charge in [-0.25, -0.2) is 9.97 Å². The fourth-order valence-electron chi connectivity index (χ4n) is 5.82. The molecule has 1 N–H and O–H groups in total. The van der Waals surface area contributed by atoms with E-state index in [1.807, 2.05) is 12.1 Å². The summed E-state index contributed by atoms with van der Waals surface area (Å²) in [4.78, 5) is 22.6. The molecule has 7 nitrogen and oxygen atoms in total. The minimum Gasteiger partial charge on any atom is -0.347 e. The van der Waals surface area contributed by atoms with Crippen LogP contribution >= 0.6 is 0 Å². The maximum Gasteiger partial charge on any atom is 0.353 e. The summed E-state index contributed by atoms with van der Waals surface area (Å²) in [6.07, 6.45) is 7.99. The largest absolute Gasteiger partial charge is 0.353 e. The highest BCUT2D eigenvalue weighted by Gasteiger charge is 2.51. The Morgan fingerprint density at radius 2 is 1.94 bits per heavy atom. The lowest BCUT2D eigenvalue weighted by Crippen LogP contribution is -2.35. The van der Waals surface area contributed by atoms with E-state index in [0.717, 1.165) is 50.8 Å². The fraction of sp³-hybridized carbons (Fsp3) is 0.583. The van der Waals surface area contributed by atoms with Gasteiger partial charge < -0.3 is 10.2 Å². The van der Waals surface area contributed by atoms with E-state index in [9.17, 15) is 10.1 Å². The molecular weight excluding hydrogens is 390 g/mol. The number of unbranched alkanes of at least 4 members (excludes halogenated alkanes) is 1. The monoisotopic (exact) mass is 423 g/mol. The number of hydrogen-bond acceptors (Lipinski definition) is 6. The molecule has 2 fully saturated rings. The average Bonchev–Trinajstić information content (AvgIpc) is 2.95. The summed E-state index contributed by atoms with van der Waals surface area (Å²) in [6, 6.07) is 8.33. The number of hydrogen-bond donors (Lipinski definition) is 1. The topological polar surface area (TPSA) is 84.2 Å². The van der Waals surface area contributed by atoms with Gasteiger partial charge in [-0.1, -0.05) is 46.2 Å². The number of aromatic nitrogens is 2. The summed E-state index contributed by atoms with van der Waals surface area (Å²) < 4.78 is 0. The number of nitrogens with one attached hydrogen (secondary N) is 1. The van der Waals surface area contributed by atoms with Crippen molar-refractivity contribution in [3.63, 3.8) is 0 Å². The number of benzene rings is 1. The Morgan fingerprint density at radius 3 is 2.61 bits per heavy atom. The highest BCUT2D eigenvalue weighted by Crippen LogP contribution is 2.54. The molecule has 2 aliphatic rings. The highest BCUT2D eigenvalue weighted by atomic mass is 16.6. The van der Waals surface area contributed by atoms with Crippen LogP contribution in [0.5, 0.6) is 0 Å². The quantitative estimate of drug-likeness (QED) is 0.442. The Bertz CT molecular complexity index is 959. The van der Waals surface area contributed by atoms with Crippen molar-refractivity contribution < 1.29 is 4.92 Å². The molecule has 1 saturated carbocycles. The standard InChI is InChI=1S/C24H33N5O2/c1-5-6-7-17-8-10-18(11-9-17)27-21-20(29(30)31)22(26-16-25-21)28-15-24(4)13-19(28)12-23(2,3)14-24/h8-11,16,19H,5-7,12-15H2,1-4H3,(H,25,26,27). The molecule has 1 aromatic carbocycles. The van der Waals surface area contributed by atoms with E-state index in [1.54, 1.807) is 0 Å². The van der Waals surface area contributed by atoms with Crippen LogP contribution in [0.2, 0.25) is 0 Å². The molecule has 2 atom stereocenters. The summed E-state index contributed by atoms with van der Waals surface area (Å²) in [5, 5.41) is 15.3. The molecule has 0 radical (unpaired) electrons. The molecule has 4 rings (SSSR count). The number of rotatable bonds is 7. The Hall–Kier alpha value is -2.70. The molecule has 1 aliphatic heterocycles. The molecule has 0 amide bonds. The molecule has 0 spiro atoms. The zero-order valence-corrected chi connectivity index (χ0v) is 19.0. The molecule has 1 aromatic heterocycles. The van der Waals surface area contributed by atoms with Crippen LogP contribution in [0.1, 0.15) is 65.4 Å². The maximum absolute atomic E-state index is 12.1. The third kappa shape index (κ3) is 4.50. The van der Waals surface area contributed by atoms with Crippen LogP contribution in [0.3, 0.4) is 0 Å². The summed E-state index contributed by atoms with van der Waals surface area (Å²) >= 11 is 0. The van der Waals surface area contributed by atoms with Crippen molar-refractivity contribution in [1.29, 1.82) is 0 Å². The zero-order chi connectivity index (χ0) is 22.2. The molecule has 7 heteroatoms. The SMILES string of the molecule is CCCCc1ccc(Nc2ncnc(N3CC4(C)CC3CC(C)(C)C4)c2[N+](=O)[O-])cc1. The maximum atomic E-state index is 12.1. The lowest BCUT2D eigenvalue weighted by atomic mass is 9.65. The summed E-state index contributed by atoms with van der Waals surface area (Å²) in [7, 11) is 0. The Labute approximate surface area is 184 Å². The van der Waals surface area contributed by atoms with Crippen molar-refractivity contribution in [2.24, 2.45) is 10.8 Å². The second kappa shape index (κ2) is 8.09. The first-order valence-electron chi connectivity index (χ1n) is 11.3. The van der Waals surface area contributed by atoms with Crippen LogP contribution in [-0.4, -0.2) is 27.5 Å². The number of anilines is 3. The lowest BCUT2D eigenvalue weighted by molar-refractivity contribution is -0.383. The van der Waals surface area contributed by atoms with Crippen molar-refractivity contribution in [3.05, 3.63) is 46.3 Å². The molecule has 1 aliphatic carbocycles. The van der Waals surface area contributed by atoms with Gasteiger partial charge in [0.1, 0.15) is 6.33 Å². The zero-order valence-electron chi connectivity index (χ0n) is 19.0. The minimum absolute atomic E-state index is 0.0356. The van der Waals surface area contributed by atoms with Gasteiger partial charge in [-0.15, -0.1) is 0 Å². The van der Waals surface area contributed by atoms with E-state index in [2.05, 4.69) is 60.0 Å². The molecule has 1 saturated heterocycles. The second-order valence-electron chi connectivity index (χ2n) is 10.4. The molecule has 2 bridgehead atoms. The molecule has 166 valence electrons. The van der Waals surface area contributed by atoms with Crippen LogP contribution in [0.15, 0.2) is 30.6 Å². The predicted octanol–water partition coefficient (Wildman–Crippen LogP) is 5.88. The van der Waals surface area contributed by atoms with Gasteiger partial charge in [0.15, 0.2) is 0 Å². The van der Waals surface area contributed by atoms with Crippen LogP contribution in [0.25, 0.3) is 0 Å². The van der Waals surface area contributed by atoms with Crippen LogP contribution in [0, 0.1) is 20.9 Å². The Kier molecular flexibility index (Phi) is 5.62. The first kappa shape index (κ1) is 21.5. The summed E-state index contributed by atoms with van der Waals surface area (Å²) in [5.74, 6) is 0.690. The van der Waals surface area contributed by atoms with Crippen molar-refractivity contribution in [1.82, 2.24) is 9.97 Å². The van der Waals surface area contributed by atoms with Gasteiger partial charge in [-0.2, -0.15) is 0 Å². The predicted molar refractivity (Wildman–Crippen MR) is 124 cm³/mol. The van der Waals surface area contributed by atoms with Crippen LogP contribution in [-0.2, 0) is 6.42 Å². The third-order valence-corrected chi connectivity index (χ3v) is 6.71. The van der Waals surface area contributed by atoms with Crippen LogP contribution in [0.4, 0.5) is 23.0 Å². The number of fused-ring (bicyclic) bond motifs is 2. The highest BCUT2D eigenvalue weighted by molar-refractivity contribution is 5.75. The lowest BCUT2D eigenvalue weighted by Gasteiger charge is -2.39. The van der Waals surface area contributed by atoms with E-state index >= 15 is 0 Å². The van der Waals surface area contributed by atoms with Gasteiger partial charge >= 0.3 is 5.69 Å². The van der Waals surface area contributed by atoms with E-state index in [-0.39, 0.29) is 33.3 Å². The normalized spacial score (nSPS) is 24.3. The van der Waals surface area contributed by atoms with E-state index in [1.165, 1.54) is 11.9 Å². The number of aryl methyl sites for hydroxylation is 1. The Morgan fingerprint density at radius 1 is 1.19 bits per heavy atom. The fourth-order valence-corrected chi connectivity index (χ4v) is 5.82. The van der Waals surface area contributed by atoms with E-state index in [4.69, 9.17) is 0 Å². The molecule has 2 unspecified atom stereocenters. The first-order valence-corrected chi connectivity index (χ1v) is 11.3. The molecule has 31 heavy (non-hydrogen) atoms. The van der Waals surface area contributed by atoms with Crippen molar-refractivity contribution in [2.75, 3.05) is 16.8 Å². The van der Waals surface area contributed by atoms with Gasteiger partial charge in [-0.3, -0.25) is 10.1 Å². The smallest absolute Gasteiger partial charge is 0.347 e. The van der Waals surface area contributed by atoms with Crippen molar-refractivity contribution >= 4 is 23.0 Å². The Balaban J connectivity index is 1.63. The van der Waals surface area contributed by atoms with Crippen molar-refractivity contribution in [2.45, 2.75) is 72.3 Å². The van der Waals surface area contributed by atoms with E-state index < -0.39 is 0 Å². The third-order valence-electron chi connectivity index (χ3n) is 6.71. The van der Waals surface area contributed by atoms with Gasteiger partial charge in [0, 0.05) is 18.3 Å². The van der Waals surface area contributed by atoms with Gasteiger partial charge in [0.25, 0.3) is 0 Å². The van der Waals surface area contributed by atoms with Crippen LogP contribution < -0.4 is 10.2 Å². The molecule has 2 heterocycles. The number of nitrogens with zero attached hydrogens (tertiary/aromatic N) is 4. The number of nitro groups is 1. The summed E-state index contributed by atoms with van der Waals surface area (Å²) in [6.45, 7) is 9.87. The molecular formula is C24H33N5O2. The van der Waals surface area contributed by atoms with E-state index in [0.29, 0.717) is 5.82 Å². The van der Waals surface area contributed by atoms with Crippen molar-refractivity contribution in [3.8, 4) is 0 Å². The average molecular weight is 424 g/mol. The minimum atomic E-state index is -0.344.